The SMILES string of the molecule is CCN(CC)CCOc1ccccc1NC(=O)c1oc2ccccc2c1CS(C)(=O)=O. The van der Waals surface area contributed by atoms with E-state index in [1.54, 1.807) is 42.5 Å². The Morgan fingerprint density at radius 2 is 1.74 bits per heavy atom. The van der Waals surface area contributed by atoms with E-state index in [1.807, 2.05) is 6.07 Å². The van der Waals surface area contributed by atoms with Crippen LogP contribution in [-0.2, 0) is 15.6 Å². The van der Waals surface area contributed by atoms with E-state index in [-0.39, 0.29) is 11.5 Å². The summed E-state index contributed by atoms with van der Waals surface area (Å²) in [5, 5.41) is 3.43. The molecule has 0 spiro atoms. The van der Waals surface area contributed by atoms with Gasteiger partial charge in [-0.05, 0) is 31.3 Å². The second kappa shape index (κ2) is 9.98. The summed E-state index contributed by atoms with van der Waals surface area (Å²) in [4.78, 5) is 15.3. The highest BCUT2D eigenvalue weighted by molar-refractivity contribution is 7.89. The number of carbonyl (C=O) groups excluding carboxylic acids is 1. The van der Waals surface area contributed by atoms with Crippen LogP contribution in [0.4, 0.5) is 5.69 Å². The number of carbonyl (C=O) groups is 1. The van der Waals surface area contributed by atoms with Crippen molar-refractivity contribution in [2.75, 3.05) is 37.8 Å². The molecular weight excluding hydrogens is 416 g/mol. The van der Waals surface area contributed by atoms with E-state index < -0.39 is 15.7 Å². The van der Waals surface area contributed by atoms with E-state index >= 15 is 0 Å². The number of hydrogen-bond acceptors (Lipinski definition) is 6. The zero-order valence-electron chi connectivity index (χ0n) is 18.1. The van der Waals surface area contributed by atoms with Crippen molar-refractivity contribution in [1.82, 2.24) is 4.90 Å². The van der Waals surface area contributed by atoms with Crippen LogP contribution in [0.5, 0.6) is 5.75 Å². The minimum absolute atomic E-state index is 0.00966. The maximum atomic E-state index is 13.1. The minimum atomic E-state index is -3.37. The molecule has 1 amide bonds. The monoisotopic (exact) mass is 444 g/mol. The van der Waals surface area contributed by atoms with Crippen LogP contribution in [0.2, 0.25) is 0 Å². The molecule has 0 atom stereocenters. The molecule has 0 bridgehead atoms. The molecule has 0 aliphatic rings. The highest BCUT2D eigenvalue weighted by atomic mass is 32.2. The summed E-state index contributed by atoms with van der Waals surface area (Å²) in [6, 6.07) is 14.2. The highest BCUT2D eigenvalue weighted by Gasteiger charge is 2.24. The maximum absolute atomic E-state index is 13.1. The van der Waals surface area contributed by atoms with Crippen LogP contribution in [0.3, 0.4) is 0 Å². The number of ether oxygens (including phenoxy) is 1. The van der Waals surface area contributed by atoms with Crippen molar-refractivity contribution in [1.29, 1.82) is 0 Å². The Labute approximate surface area is 182 Å². The van der Waals surface area contributed by atoms with Gasteiger partial charge in [-0.2, -0.15) is 0 Å². The summed E-state index contributed by atoms with van der Waals surface area (Å²) in [5.74, 6) is -0.266. The number of sulfone groups is 1. The number of rotatable bonds is 10. The molecule has 0 unspecified atom stereocenters. The normalized spacial score (nSPS) is 11.7. The van der Waals surface area contributed by atoms with Crippen molar-refractivity contribution in [3.8, 4) is 5.75 Å². The third-order valence-electron chi connectivity index (χ3n) is 5.01. The number of fused-ring (bicyclic) bond motifs is 1. The van der Waals surface area contributed by atoms with E-state index in [9.17, 15) is 13.2 Å². The number of nitrogens with zero attached hydrogens (tertiary/aromatic N) is 1. The van der Waals surface area contributed by atoms with Gasteiger partial charge in [0.2, 0.25) is 0 Å². The smallest absolute Gasteiger partial charge is 0.291 e. The fraction of sp³-hybridized carbons (Fsp3) is 0.348. The van der Waals surface area contributed by atoms with E-state index in [0.717, 1.165) is 25.9 Å². The summed E-state index contributed by atoms with van der Waals surface area (Å²) in [6.07, 6.45) is 1.13. The second-order valence-electron chi connectivity index (χ2n) is 7.30. The number of benzene rings is 2. The number of amides is 1. The van der Waals surface area contributed by atoms with E-state index in [1.165, 1.54) is 0 Å². The lowest BCUT2D eigenvalue weighted by atomic mass is 10.1. The number of nitrogens with one attached hydrogen (secondary N) is 1. The molecule has 3 rings (SSSR count). The van der Waals surface area contributed by atoms with Gasteiger partial charge < -0.3 is 19.4 Å². The lowest BCUT2D eigenvalue weighted by molar-refractivity contribution is 0.0997. The number of hydrogen-bond donors (Lipinski definition) is 1. The summed E-state index contributed by atoms with van der Waals surface area (Å²) in [6.45, 7) is 7.33. The number of para-hydroxylation sites is 3. The van der Waals surface area contributed by atoms with Gasteiger partial charge >= 0.3 is 0 Å². The van der Waals surface area contributed by atoms with E-state index in [4.69, 9.17) is 9.15 Å². The minimum Gasteiger partial charge on any atom is -0.490 e. The van der Waals surface area contributed by atoms with Gasteiger partial charge in [0, 0.05) is 23.8 Å². The van der Waals surface area contributed by atoms with Crippen LogP contribution in [0.1, 0.15) is 30.0 Å². The van der Waals surface area contributed by atoms with Crippen LogP contribution in [0.25, 0.3) is 11.0 Å². The van der Waals surface area contributed by atoms with Crippen molar-refractivity contribution >= 4 is 32.4 Å². The van der Waals surface area contributed by atoms with Gasteiger partial charge in [0.15, 0.2) is 15.6 Å². The van der Waals surface area contributed by atoms with Crippen LogP contribution in [0.15, 0.2) is 52.9 Å². The summed E-state index contributed by atoms with van der Waals surface area (Å²) >= 11 is 0. The third kappa shape index (κ3) is 5.86. The van der Waals surface area contributed by atoms with Gasteiger partial charge in [-0.15, -0.1) is 0 Å². The number of anilines is 1. The number of furan rings is 1. The average molecular weight is 445 g/mol. The molecular formula is C23H28N2O5S. The molecule has 1 heterocycles. The Morgan fingerprint density at radius 1 is 1.06 bits per heavy atom. The summed E-state index contributed by atoms with van der Waals surface area (Å²) < 4.78 is 35.5. The third-order valence-corrected chi connectivity index (χ3v) is 5.82. The lowest BCUT2D eigenvalue weighted by Crippen LogP contribution is -2.28. The van der Waals surface area contributed by atoms with Crippen molar-refractivity contribution in [2.45, 2.75) is 19.6 Å². The topological polar surface area (TPSA) is 88.8 Å². The van der Waals surface area contributed by atoms with Gasteiger partial charge in [0.1, 0.15) is 17.9 Å². The molecule has 1 aromatic heterocycles. The largest absolute Gasteiger partial charge is 0.490 e. The molecule has 0 radical (unpaired) electrons. The van der Waals surface area contributed by atoms with Crippen molar-refractivity contribution in [3.05, 3.63) is 59.9 Å². The molecule has 0 fully saturated rings. The zero-order valence-corrected chi connectivity index (χ0v) is 18.9. The van der Waals surface area contributed by atoms with Gasteiger partial charge in [0.25, 0.3) is 5.91 Å². The molecule has 0 saturated heterocycles. The molecule has 0 saturated carbocycles. The zero-order chi connectivity index (χ0) is 22.4. The fourth-order valence-electron chi connectivity index (χ4n) is 3.39. The van der Waals surface area contributed by atoms with Gasteiger partial charge in [-0.1, -0.05) is 44.2 Å². The molecule has 8 heteroatoms. The molecule has 0 aliphatic heterocycles. The Hall–Kier alpha value is -2.84. The second-order valence-corrected chi connectivity index (χ2v) is 9.44. The average Bonchev–Trinajstić information content (AvgIpc) is 3.09. The first-order chi connectivity index (χ1) is 14.8. The first-order valence-electron chi connectivity index (χ1n) is 10.3. The molecule has 2 aromatic carbocycles. The predicted octanol–water partition coefficient (Wildman–Crippen LogP) is 3.95. The fourth-order valence-corrected chi connectivity index (χ4v) is 4.20. The van der Waals surface area contributed by atoms with E-state index in [0.29, 0.717) is 34.6 Å². The molecule has 7 nitrogen and oxygen atoms in total. The van der Waals surface area contributed by atoms with Crippen LogP contribution < -0.4 is 10.1 Å². The van der Waals surface area contributed by atoms with Crippen molar-refractivity contribution in [3.63, 3.8) is 0 Å². The van der Waals surface area contributed by atoms with Crippen LogP contribution in [-0.4, -0.2) is 51.7 Å². The highest BCUT2D eigenvalue weighted by Crippen LogP contribution is 2.30. The maximum Gasteiger partial charge on any atom is 0.291 e. The van der Waals surface area contributed by atoms with Gasteiger partial charge in [-0.3, -0.25) is 4.79 Å². The summed E-state index contributed by atoms with van der Waals surface area (Å²) in [5.41, 5.74) is 1.32. The molecule has 0 aliphatic carbocycles. The predicted molar refractivity (Wildman–Crippen MR) is 122 cm³/mol. The van der Waals surface area contributed by atoms with E-state index in [2.05, 4.69) is 24.1 Å². The molecule has 31 heavy (non-hydrogen) atoms. The standard InChI is InChI=1S/C23H28N2O5S/c1-4-25(5-2)14-15-29-21-13-9-7-11-19(21)24-23(26)22-18(16-31(3,27)28)17-10-6-8-12-20(17)30-22/h6-13H,4-5,14-16H2,1-3H3,(H,24,26). The Morgan fingerprint density at radius 3 is 2.45 bits per heavy atom. The van der Waals surface area contributed by atoms with Gasteiger partial charge in [-0.25, -0.2) is 8.42 Å². The van der Waals surface area contributed by atoms with Crippen molar-refractivity contribution < 1.29 is 22.4 Å². The van der Waals surface area contributed by atoms with Crippen LogP contribution in [0, 0.1) is 0 Å². The summed E-state index contributed by atoms with van der Waals surface area (Å²) in [7, 11) is -3.37. The molecule has 1 N–H and O–H groups in total. The Balaban J connectivity index is 1.84. The Kier molecular flexibility index (Phi) is 7.35. The lowest BCUT2D eigenvalue weighted by Gasteiger charge is -2.19. The van der Waals surface area contributed by atoms with Crippen LogP contribution >= 0.6 is 0 Å². The first-order valence-corrected chi connectivity index (χ1v) is 12.3. The van der Waals surface area contributed by atoms with Crippen molar-refractivity contribution in [2.24, 2.45) is 0 Å². The first kappa shape index (κ1) is 22.8. The van der Waals surface area contributed by atoms with Gasteiger partial charge in [0.05, 0.1) is 11.4 Å². The molecule has 3 aromatic rings. The quantitative estimate of drug-likeness (QED) is 0.509. The number of likely N-dealkylation sites (N-methyl/N-ethyl adjacent to an activating group) is 1. The molecule has 166 valence electrons. The Bertz CT molecular complexity index is 1150.